The molecule has 0 saturated carbocycles. The maximum atomic E-state index is 11.9. The van der Waals surface area contributed by atoms with Crippen molar-refractivity contribution in [1.29, 1.82) is 10.5 Å². The standard InChI is InChI=1S/C12H9N3O2/c13-5-9-2-1-3-10(4-9)15-11(16)12(6-14)7-17-8-12/h1-4H,7-8H2,(H,15,16). The lowest BCUT2D eigenvalue weighted by Gasteiger charge is -2.33. The quantitative estimate of drug-likeness (QED) is 0.817. The van der Waals surface area contributed by atoms with Crippen LogP contribution in [-0.4, -0.2) is 19.1 Å². The molecule has 0 aliphatic carbocycles. The molecule has 0 bridgehead atoms. The topological polar surface area (TPSA) is 85.9 Å². The van der Waals surface area contributed by atoms with Gasteiger partial charge in [-0.2, -0.15) is 10.5 Å². The number of carbonyl (C=O) groups excluding carboxylic acids is 1. The van der Waals surface area contributed by atoms with E-state index in [1.807, 2.05) is 12.1 Å². The number of hydrogen-bond acceptors (Lipinski definition) is 4. The van der Waals surface area contributed by atoms with Crippen LogP contribution in [0.25, 0.3) is 0 Å². The van der Waals surface area contributed by atoms with E-state index in [2.05, 4.69) is 5.32 Å². The molecule has 5 nitrogen and oxygen atoms in total. The maximum absolute atomic E-state index is 11.9. The van der Waals surface area contributed by atoms with E-state index in [1.54, 1.807) is 24.3 Å². The summed E-state index contributed by atoms with van der Waals surface area (Å²) >= 11 is 0. The monoisotopic (exact) mass is 227 g/mol. The zero-order valence-electron chi connectivity index (χ0n) is 8.93. The molecule has 1 aliphatic rings. The number of anilines is 1. The number of amides is 1. The lowest BCUT2D eigenvalue weighted by Crippen LogP contribution is -2.50. The highest BCUT2D eigenvalue weighted by atomic mass is 16.5. The average molecular weight is 227 g/mol. The number of nitriles is 2. The molecule has 1 amide bonds. The second kappa shape index (κ2) is 4.25. The molecule has 1 saturated heterocycles. The molecule has 2 rings (SSSR count). The first kappa shape index (κ1) is 11.1. The number of carbonyl (C=O) groups is 1. The summed E-state index contributed by atoms with van der Waals surface area (Å²) in [6.45, 7) is 0.237. The summed E-state index contributed by atoms with van der Waals surface area (Å²) in [5.41, 5.74) is -0.114. The van der Waals surface area contributed by atoms with Crippen molar-refractivity contribution in [3.8, 4) is 12.1 Å². The Hall–Kier alpha value is -2.37. The minimum atomic E-state index is -1.08. The summed E-state index contributed by atoms with van der Waals surface area (Å²) in [6, 6.07) is 10.5. The first-order chi connectivity index (χ1) is 8.20. The SMILES string of the molecule is N#Cc1cccc(NC(=O)C2(C#N)COC2)c1. The fourth-order valence-electron chi connectivity index (χ4n) is 1.47. The highest BCUT2D eigenvalue weighted by molar-refractivity contribution is 5.98. The fraction of sp³-hybridized carbons (Fsp3) is 0.250. The van der Waals surface area contributed by atoms with E-state index in [0.717, 1.165) is 0 Å². The second-order valence-electron chi connectivity index (χ2n) is 3.83. The van der Waals surface area contributed by atoms with Crippen molar-refractivity contribution >= 4 is 11.6 Å². The molecule has 0 unspecified atom stereocenters. The molecule has 0 atom stereocenters. The minimum Gasteiger partial charge on any atom is -0.377 e. The Labute approximate surface area is 98.2 Å². The van der Waals surface area contributed by atoms with Gasteiger partial charge < -0.3 is 10.1 Å². The van der Waals surface area contributed by atoms with Gasteiger partial charge in [0, 0.05) is 5.69 Å². The van der Waals surface area contributed by atoms with Gasteiger partial charge in [0.1, 0.15) is 0 Å². The van der Waals surface area contributed by atoms with Crippen molar-refractivity contribution in [2.75, 3.05) is 18.5 Å². The average Bonchev–Trinajstić information content (AvgIpc) is 2.28. The summed E-state index contributed by atoms with van der Waals surface area (Å²) in [5.74, 6) is -0.388. The third kappa shape index (κ3) is 1.96. The molecule has 0 aromatic heterocycles. The van der Waals surface area contributed by atoms with Crippen molar-refractivity contribution in [2.45, 2.75) is 0 Å². The first-order valence-corrected chi connectivity index (χ1v) is 5.01. The van der Waals surface area contributed by atoms with Gasteiger partial charge in [-0.3, -0.25) is 4.79 Å². The van der Waals surface area contributed by atoms with E-state index in [0.29, 0.717) is 11.3 Å². The normalized spacial score (nSPS) is 16.1. The molecular weight excluding hydrogens is 218 g/mol. The van der Waals surface area contributed by atoms with Crippen molar-refractivity contribution in [1.82, 2.24) is 0 Å². The van der Waals surface area contributed by atoms with Gasteiger partial charge in [0.2, 0.25) is 5.91 Å². The Morgan fingerprint density at radius 1 is 1.41 bits per heavy atom. The molecular formula is C12H9N3O2. The van der Waals surface area contributed by atoms with E-state index in [1.165, 1.54) is 0 Å². The van der Waals surface area contributed by atoms with Crippen molar-refractivity contribution in [2.24, 2.45) is 5.41 Å². The number of benzene rings is 1. The van der Waals surface area contributed by atoms with Crippen molar-refractivity contribution in [3.05, 3.63) is 29.8 Å². The van der Waals surface area contributed by atoms with Gasteiger partial charge in [0.15, 0.2) is 5.41 Å². The minimum absolute atomic E-state index is 0.118. The Morgan fingerprint density at radius 3 is 2.71 bits per heavy atom. The molecule has 84 valence electrons. The van der Waals surface area contributed by atoms with Gasteiger partial charge in [-0.05, 0) is 18.2 Å². The van der Waals surface area contributed by atoms with E-state index in [4.69, 9.17) is 15.3 Å². The smallest absolute Gasteiger partial charge is 0.249 e. The van der Waals surface area contributed by atoms with Gasteiger partial charge in [0.05, 0.1) is 30.9 Å². The Bertz CT molecular complexity index is 535. The van der Waals surface area contributed by atoms with Gasteiger partial charge >= 0.3 is 0 Å². The van der Waals surface area contributed by atoms with Crippen LogP contribution in [0.5, 0.6) is 0 Å². The largest absolute Gasteiger partial charge is 0.377 e. The first-order valence-electron chi connectivity index (χ1n) is 5.01. The summed E-state index contributed by atoms with van der Waals surface area (Å²) < 4.78 is 4.90. The zero-order valence-corrected chi connectivity index (χ0v) is 8.93. The number of rotatable bonds is 2. The molecule has 0 radical (unpaired) electrons. The molecule has 1 aromatic rings. The number of nitrogens with zero attached hydrogens (tertiary/aromatic N) is 2. The summed E-state index contributed by atoms with van der Waals surface area (Å²) in [7, 11) is 0. The molecule has 1 N–H and O–H groups in total. The zero-order chi connectivity index (χ0) is 12.3. The molecule has 0 spiro atoms. The van der Waals surface area contributed by atoms with E-state index >= 15 is 0 Å². The van der Waals surface area contributed by atoms with Crippen molar-refractivity contribution in [3.63, 3.8) is 0 Å². The van der Waals surface area contributed by atoms with Crippen molar-refractivity contribution < 1.29 is 9.53 Å². The van der Waals surface area contributed by atoms with E-state index < -0.39 is 5.41 Å². The number of hydrogen-bond donors (Lipinski definition) is 1. The second-order valence-corrected chi connectivity index (χ2v) is 3.83. The number of ether oxygens (including phenoxy) is 1. The van der Waals surface area contributed by atoms with Crippen LogP contribution in [0.1, 0.15) is 5.56 Å². The fourth-order valence-corrected chi connectivity index (χ4v) is 1.47. The van der Waals surface area contributed by atoms with Crippen LogP contribution < -0.4 is 5.32 Å². The Balaban J connectivity index is 2.14. The van der Waals surface area contributed by atoms with Crippen LogP contribution in [0.4, 0.5) is 5.69 Å². The Kier molecular flexibility index (Phi) is 2.78. The highest BCUT2D eigenvalue weighted by Gasteiger charge is 2.46. The molecule has 17 heavy (non-hydrogen) atoms. The Morgan fingerprint density at radius 2 is 2.18 bits per heavy atom. The molecule has 5 heteroatoms. The molecule has 1 aromatic carbocycles. The van der Waals surface area contributed by atoms with E-state index in [-0.39, 0.29) is 19.1 Å². The summed E-state index contributed by atoms with van der Waals surface area (Å²) in [4.78, 5) is 11.9. The van der Waals surface area contributed by atoms with Crippen LogP contribution in [0.15, 0.2) is 24.3 Å². The summed E-state index contributed by atoms with van der Waals surface area (Å²) in [6.07, 6.45) is 0. The van der Waals surface area contributed by atoms with Crippen LogP contribution >= 0.6 is 0 Å². The van der Waals surface area contributed by atoms with E-state index in [9.17, 15) is 4.79 Å². The highest BCUT2D eigenvalue weighted by Crippen LogP contribution is 2.28. The lowest BCUT2D eigenvalue weighted by atomic mass is 9.87. The van der Waals surface area contributed by atoms with Crippen LogP contribution in [0, 0.1) is 28.1 Å². The third-order valence-corrected chi connectivity index (χ3v) is 2.60. The van der Waals surface area contributed by atoms with Gasteiger partial charge in [-0.25, -0.2) is 0 Å². The predicted octanol–water partition coefficient (Wildman–Crippen LogP) is 1.04. The van der Waals surface area contributed by atoms with Gasteiger partial charge in [-0.1, -0.05) is 6.07 Å². The van der Waals surface area contributed by atoms with Crippen LogP contribution in [-0.2, 0) is 9.53 Å². The van der Waals surface area contributed by atoms with Gasteiger partial charge in [-0.15, -0.1) is 0 Å². The van der Waals surface area contributed by atoms with Crippen LogP contribution in [0.3, 0.4) is 0 Å². The van der Waals surface area contributed by atoms with Crippen LogP contribution in [0.2, 0.25) is 0 Å². The molecule has 1 aliphatic heterocycles. The molecule has 1 fully saturated rings. The number of nitrogens with one attached hydrogen (secondary N) is 1. The predicted molar refractivity (Wildman–Crippen MR) is 58.7 cm³/mol. The maximum Gasteiger partial charge on any atom is 0.249 e. The van der Waals surface area contributed by atoms with Gasteiger partial charge in [0.25, 0.3) is 0 Å². The third-order valence-electron chi connectivity index (χ3n) is 2.60. The molecule has 1 heterocycles. The summed E-state index contributed by atoms with van der Waals surface area (Å²) in [5, 5.41) is 20.3. The lowest BCUT2D eigenvalue weighted by molar-refractivity contribution is -0.144.